The second-order valence-corrected chi connectivity index (χ2v) is 12.5. The Labute approximate surface area is 276 Å². The van der Waals surface area contributed by atoms with E-state index in [9.17, 15) is 14.4 Å². The minimum Gasteiger partial charge on any atom is -0.378 e. The molecule has 232 valence electrons. The zero-order valence-corrected chi connectivity index (χ0v) is 27.2. The largest absolute Gasteiger partial charge is 0.378 e. The first-order valence-corrected chi connectivity index (χ1v) is 16.3. The van der Waals surface area contributed by atoms with Gasteiger partial charge in [0.05, 0.1) is 11.4 Å². The number of thiazole rings is 1. The predicted molar refractivity (Wildman–Crippen MR) is 189 cm³/mol. The van der Waals surface area contributed by atoms with Crippen molar-refractivity contribution in [3.8, 4) is 11.3 Å². The number of thioether (sulfide) groups is 1. The van der Waals surface area contributed by atoms with Crippen LogP contribution in [0.15, 0.2) is 119 Å². The Morgan fingerprint density at radius 3 is 2.33 bits per heavy atom. The summed E-state index contributed by atoms with van der Waals surface area (Å²) in [4.78, 5) is 46.5. The number of benzene rings is 4. The van der Waals surface area contributed by atoms with Crippen molar-refractivity contribution in [1.82, 2.24) is 10.3 Å². The van der Waals surface area contributed by atoms with Gasteiger partial charge in [0.15, 0.2) is 5.13 Å². The lowest BCUT2D eigenvalue weighted by Gasteiger charge is -2.14. The van der Waals surface area contributed by atoms with Gasteiger partial charge in [0.2, 0.25) is 5.91 Å². The molecule has 46 heavy (non-hydrogen) atoms. The predicted octanol–water partition coefficient (Wildman–Crippen LogP) is 7.32. The summed E-state index contributed by atoms with van der Waals surface area (Å²) in [7, 11) is 3.90. The van der Waals surface area contributed by atoms with E-state index in [-0.39, 0.29) is 17.4 Å². The number of hydrogen-bond donors (Lipinski definition) is 3. The standard InChI is InChI=1S/C36H33N5O3S2/c1-24-12-16-26(17-13-24)32-22-46-36(39-32)40-33(42)23-45-30-11-7-10-28(21-30)37-35(44)31(38-34(43)27-8-5-4-6-9-27)20-25-14-18-29(19-15-25)41(2)3/h4-22H,23H2,1-3H3,(H,37,44)(H,38,43)(H,39,40,42)/b31-20+. The fraction of sp³-hybridized carbons (Fsp3) is 0.111. The van der Waals surface area contributed by atoms with Crippen LogP contribution < -0.4 is 20.9 Å². The van der Waals surface area contributed by atoms with Crippen LogP contribution in [0.5, 0.6) is 0 Å². The average Bonchev–Trinajstić information content (AvgIpc) is 3.53. The molecular formula is C36H33N5O3S2. The molecule has 3 amide bonds. The van der Waals surface area contributed by atoms with E-state index in [2.05, 4.69) is 20.9 Å². The van der Waals surface area contributed by atoms with Gasteiger partial charge in [0.25, 0.3) is 11.8 Å². The third-order valence-electron chi connectivity index (χ3n) is 6.81. The molecule has 1 heterocycles. The van der Waals surface area contributed by atoms with Crippen LogP contribution in [0, 0.1) is 6.92 Å². The summed E-state index contributed by atoms with van der Waals surface area (Å²) in [6.45, 7) is 2.03. The molecule has 0 aliphatic heterocycles. The third kappa shape index (κ3) is 8.93. The van der Waals surface area contributed by atoms with Crippen LogP contribution >= 0.6 is 23.1 Å². The molecule has 5 rings (SSSR count). The second-order valence-electron chi connectivity index (χ2n) is 10.6. The number of carbonyl (C=O) groups excluding carboxylic acids is 3. The first kappa shape index (κ1) is 32.2. The highest BCUT2D eigenvalue weighted by Gasteiger charge is 2.16. The Morgan fingerprint density at radius 1 is 0.870 bits per heavy atom. The third-order valence-corrected chi connectivity index (χ3v) is 8.56. The van der Waals surface area contributed by atoms with Crippen LogP contribution in [-0.2, 0) is 9.59 Å². The zero-order valence-electron chi connectivity index (χ0n) is 25.6. The molecule has 0 spiro atoms. The maximum Gasteiger partial charge on any atom is 0.272 e. The van der Waals surface area contributed by atoms with Gasteiger partial charge in [0.1, 0.15) is 5.70 Å². The molecule has 0 saturated carbocycles. The van der Waals surface area contributed by atoms with Crippen molar-refractivity contribution in [3.63, 3.8) is 0 Å². The van der Waals surface area contributed by atoms with Gasteiger partial charge in [-0.1, -0.05) is 66.2 Å². The van der Waals surface area contributed by atoms with Gasteiger partial charge in [-0.3, -0.25) is 14.4 Å². The number of carbonyl (C=O) groups is 3. The lowest BCUT2D eigenvalue weighted by Crippen LogP contribution is -2.30. The molecule has 5 aromatic rings. The number of rotatable bonds is 11. The Morgan fingerprint density at radius 2 is 1.61 bits per heavy atom. The van der Waals surface area contributed by atoms with E-state index in [1.54, 1.807) is 48.5 Å². The molecule has 0 aliphatic rings. The summed E-state index contributed by atoms with van der Waals surface area (Å²) in [5.74, 6) is -0.890. The van der Waals surface area contributed by atoms with Gasteiger partial charge in [-0.05, 0) is 61.0 Å². The monoisotopic (exact) mass is 647 g/mol. The molecule has 0 fully saturated rings. The summed E-state index contributed by atoms with van der Waals surface area (Å²) in [5, 5.41) is 11.0. The second kappa shape index (κ2) is 15.2. The van der Waals surface area contributed by atoms with Crippen LogP contribution in [0.4, 0.5) is 16.5 Å². The van der Waals surface area contributed by atoms with Crippen molar-refractivity contribution >= 4 is 63.4 Å². The number of aromatic nitrogens is 1. The highest BCUT2D eigenvalue weighted by atomic mass is 32.2. The minimum absolute atomic E-state index is 0.0948. The number of nitrogens with one attached hydrogen (secondary N) is 3. The SMILES string of the molecule is Cc1ccc(-c2csc(NC(=O)CSc3cccc(NC(=O)/C(=C\c4ccc(N(C)C)cc4)NC(=O)c4ccccc4)c3)n2)cc1. The summed E-state index contributed by atoms with van der Waals surface area (Å²) in [6.07, 6.45) is 1.64. The van der Waals surface area contributed by atoms with Crippen molar-refractivity contribution in [2.75, 3.05) is 35.4 Å². The van der Waals surface area contributed by atoms with E-state index in [4.69, 9.17) is 0 Å². The minimum atomic E-state index is -0.478. The highest BCUT2D eigenvalue weighted by Crippen LogP contribution is 2.26. The van der Waals surface area contributed by atoms with Crippen molar-refractivity contribution in [2.45, 2.75) is 11.8 Å². The number of aryl methyl sites for hydroxylation is 1. The highest BCUT2D eigenvalue weighted by molar-refractivity contribution is 8.00. The molecule has 0 bridgehead atoms. The Bertz CT molecular complexity index is 1850. The van der Waals surface area contributed by atoms with E-state index in [1.807, 2.05) is 92.0 Å². The van der Waals surface area contributed by atoms with Gasteiger partial charge in [-0.2, -0.15) is 0 Å². The molecule has 8 nitrogen and oxygen atoms in total. The molecule has 10 heteroatoms. The number of nitrogens with zero attached hydrogens (tertiary/aromatic N) is 2. The van der Waals surface area contributed by atoms with Crippen molar-refractivity contribution < 1.29 is 14.4 Å². The van der Waals surface area contributed by atoms with Gasteiger partial charge < -0.3 is 20.9 Å². The fourth-order valence-corrected chi connectivity index (χ4v) is 5.82. The van der Waals surface area contributed by atoms with Gasteiger partial charge in [-0.25, -0.2) is 4.98 Å². The molecule has 3 N–H and O–H groups in total. The number of amides is 3. The van der Waals surface area contributed by atoms with Crippen LogP contribution in [0.2, 0.25) is 0 Å². The summed E-state index contributed by atoms with van der Waals surface area (Å²) in [5.41, 5.74) is 5.81. The van der Waals surface area contributed by atoms with E-state index in [1.165, 1.54) is 28.7 Å². The lowest BCUT2D eigenvalue weighted by atomic mass is 10.1. The first-order valence-electron chi connectivity index (χ1n) is 14.5. The summed E-state index contributed by atoms with van der Waals surface area (Å²) in [6, 6.07) is 31.7. The lowest BCUT2D eigenvalue weighted by molar-refractivity contribution is -0.114. The Balaban J connectivity index is 1.23. The normalized spacial score (nSPS) is 11.1. The molecule has 0 aliphatic carbocycles. The molecule has 0 radical (unpaired) electrons. The molecule has 1 aromatic heterocycles. The van der Waals surface area contributed by atoms with Crippen molar-refractivity contribution in [2.24, 2.45) is 0 Å². The quantitative estimate of drug-likeness (QED) is 0.103. The van der Waals surface area contributed by atoms with Crippen molar-refractivity contribution in [1.29, 1.82) is 0 Å². The van der Waals surface area contributed by atoms with E-state index in [0.717, 1.165) is 27.4 Å². The zero-order chi connectivity index (χ0) is 32.5. The summed E-state index contributed by atoms with van der Waals surface area (Å²) < 4.78 is 0. The average molecular weight is 648 g/mol. The first-order chi connectivity index (χ1) is 22.2. The van der Waals surface area contributed by atoms with E-state index >= 15 is 0 Å². The smallest absolute Gasteiger partial charge is 0.272 e. The van der Waals surface area contributed by atoms with Crippen LogP contribution in [0.1, 0.15) is 21.5 Å². The molecule has 0 unspecified atom stereocenters. The summed E-state index contributed by atoms with van der Waals surface area (Å²) >= 11 is 2.72. The maximum absolute atomic E-state index is 13.5. The van der Waals surface area contributed by atoms with Gasteiger partial charge in [0, 0.05) is 46.9 Å². The van der Waals surface area contributed by atoms with Crippen LogP contribution in [-0.4, -0.2) is 42.6 Å². The molecule has 4 aromatic carbocycles. The molecule has 0 saturated heterocycles. The Hall–Kier alpha value is -5.19. The topological polar surface area (TPSA) is 103 Å². The Kier molecular flexibility index (Phi) is 10.6. The van der Waals surface area contributed by atoms with E-state index in [0.29, 0.717) is 16.4 Å². The fourth-order valence-electron chi connectivity index (χ4n) is 4.33. The van der Waals surface area contributed by atoms with Gasteiger partial charge in [-0.15, -0.1) is 23.1 Å². The molecule has 0 atom stereocenters. The van der Waals surface area contributed by atoms with Crippen LogP contribution in [0.25, 0.3) is 17.3 Å². The number of anilines is 3. The van der Waals surface area contributed by atoms with Crippen LogP contribution in [0.3, 0.4) is 0 Å². The maximum atomic E-state index is 13.5. The molecular weight excluding hydrogens is 615 g/mol. The van der Waals surface area contributed by atoms with Gasteiger partial charge >= 0.3 is 0 Å². The van der Waals surface area contributed by atoms with E-state index < -0.39 is 11.8 Å². The number of hydrogen-bond acceptors (Lipinski definition) is 7. The van der Waals surface area contributed by atoms with Crippen molar-refractivity contribution in [3.05, 3.63) is 131 Å².